The van der Waals surface area contributed by atoms with Crippen molar-refractivity contribution in [1.82, 2.24) is 4.98 Å². The van der Waals surface area contributed by atoms with Crippen molar-refractivity contribution in [2.75, 3.05) is 13.7 Å². The van der Waals surface area contributed by atoms with Gasteiger partial charge in [-0.05, 0) is 24.6 Å². The molecule has 0 fully saturated rings. The van der Waals surface area contributed by atoms with Gasteiger partial charge in [-0.15, -0.1) is 0 Å². The molecule has 0 aliphatic heterocycles. The molecule has 0 aromatic carbocycles. The van der Waals surface area contributed by atoms with Crippen molar-refractivity contribution in [3.63, 3.8) is 0 Å². The van der Waals surface area contributed by atoms with Gasteiger partial charge in [-0.25, -0.2) is 4.98 Å². The lowest BCUT2D eigenvalue weighted by molar-refractivity contribution is 0.398. The van der Waals surface area contributed by atoms with Gasteiger partial charge in [0.15, 0.2) is 0 Å². The van der Waals surface area contributed by atoms with Gasteiger partial charge in [-0.1, -0.05) is 12.2 Å². The number of nitrogens with two attached hydrogens (primary N) is 1. The average Bonchev–Trinajstić information content (AvgIpc) is 2.19. The van der Waals surface area contributed by atoms with Crippen molar-refractivity contribution in [3.05, 3.63) is 30.0 Å². The third kappa shape index (κ3) is 3.25. The molecule has 3 nitrogen and oxygen atoms in total. The summed E-state index contributed by atoms with van der Waals surface area (Å²) in [6.45, 7) is 0.679. The van der Waals surface area contributed by atoms with Crippen molar-refractivity contribution >= 4 is 6.08 Å². The van der Waals surface area contributed by atoms with Crippen molar-refractivity contribution in [1.29, 1.82) is 0 Å². The molecule has 0 saturated heterocycles. The molecule has 70 valence electrons. The maximum atomic E-state index is 5.36. The second-order valence-electron chi connectivity index (χ2n) is 2.61. The van der Waals surface area contributed by atoms with Crippen LogP contribution >= 0.6 is 0 Å². The van der Waals surface area contributed by atoms with Crippen molar-refractivity contribution in [2.24, 2.45) is 5.73 Å². The van der Waals surface area contributed by atoms with Crippen LogP contribution < -0.4 is 10.5 Å². The molecular weight excluding hydrogens is 164 g/mol. The van der Waals surface area contributed by atoms with E-state index in [2.05, 4.69) is 4.98 Å². The Morgan fingerprint density at radius 1 is 1.62 bits per heavy atom. The zero-order valence-electron chi connectivity index (χ0n) is 7.73. The first-order chi connectivity index (χ1) is 6.36. The molecule has 2 N–H and O–H groups in total. The highest BCUT2D eigenvalue weighted by Crippen LogP contribution is 2.09. The van der Waals surface area contributed by atoms with Gasteiger partial charge in [0.1, 0.15) is 0 Å². The molecule has 3 heteroatoms. The summed E-state index contributed by atoms with van der Waals surface area (Å²) >= 11 is 0. The zero-order chi connectivity index (χ0) is 9.52. The molecule has 0 aliphatic carbocycles. The summed E-state index contributed by atoms with van der Waals surface area (Å²) in [5.41, 5.74) is 6.44. The third-order valence-corrected chi connectivity index (χ3v) is 1.61. The molecule has 0 atom stereocenters. The molecule has 0 unspecified atom stereocenters. The summed E-state index contributed by atoms with van der Waals surface area (Å²) in [5.74, 6) is 0.634. The second kappa shape index (κ2) is 5.32. The van der Waals surface area contributed by atoms with Crippen LogP contribution in [0.3, 0.4) is 0 Å². The van der Waals surface area contributed by atoms with Crippen LogP contribution in [-0.2, 0) is 0 Å². The quantitative estimate of drug-likeness (QED) is 0.759. The number of ether oxygens (including phenoxy) is 1. The Bertz CT molecular complexity index is 284. The molecule has 1 aromatic rings. The van der Waals surface area contributed by atoms with Gasteiger partial charge in [0.25, 0.3) is 0 Å². The van der Waals surface area contributed by atoms with Crippen LogP contribution in [0.1, 0.15) is 12.0 Å². The minimum atomic E-state index is 0.634. The van der Waals surface area contributed by atoms with Gasteiger partial charge in [-0.3, -0.25) is 0 Å². The molecule has 0 saturated carbocycles. The van der Waals surface area contributed by atoms with E-state index in [1.807, 2.05) is 24.3 Å². The first kappa shape index (κ1) is 9.74. The van der Waals surface area contributed by atoms with E-state index < -0.39 is 0 Å². The second-order valence-corrected chi connectivity index (χ2v) is 2.61. The molecule has 1 rings (SSSR count). The molecule has 1 heterocycles. The number of hydrogen-bond acceptors (Lipinski definition) is 3. The maximum Gasteiger partial charge on any atom is 0.213 e. The Hall–Kier alpha value is -1.35. The summed E-state index contributed by atoms with van der Waals surface area (Å²) in [7, 11) is 1.61. The Morgan fingerprint density at radius 2 is 2.46 bits per heavy atom. The number of hydrogen-bond donors (Lipinski definition) is 1. The Balaban J connectivity index is 2.66. The largest absolute Gasteiger partial charge is 0.481 e. The minimum absolute atomic E-state index is 0.634. The molecule has 0 bridgehead atoms. The van der Waals surface area contributed by atoms with Gasteiger partial charge in [-0.2, -0.15) is 0 Å². The minimum Gasteiger partial charge on any atom is -0.481 e. The molecule has 0 aliphatic rings. The van der Waals surface area contributed by atoms with E-state index >= 15 is 0 Å². The standard InChI is InChI=1S/C10H14N2O/c1-13-10-8-9(5-7-12-10)4-2-3-6-11/h2,4-5,7-8H,3,6,11H2,1H3. The monoisotopic (exact) mass is 178 g/mol. The number of rotatable bonds is 4. The first-order valence-electron chi connectivity index (χ1n) is 4.23. The van der Waals surface area contributed by atoms with E-state index in [-0.39, 0.29) is 0 Å². The van der Waals surface area contributed by atoms with Gasteiger partial charge in [0.2, 0.25) is 5.88 Å². The number of aromatic nitrogens is 1. The topological polar surface area (TPSA) is 48.1 Å². The van der Waals surface area contributed by atoms with Gasteiger partial charge in [0, 0.05) is 12.3 Å². The van der Waals surface area contributed by atoms with Crippen molar-refractivity contribution < 1.29 is 4.74 Å². The van der Waals surface area contributed by atoms with Crippen LogP contribution in [0.25, 0.3) is 6.08 Å². The van der Waals surface area contributed by atoms with E-state index in [0.29, 0.717) is 12.4 Å². The molecule has 1 aromatic heterocycles. The molecule has 0 radical (unpaired) electrons. The van der Waals surface area contributed by atoms with E-state index in [1.54, 1.807) is 13.3 Å². The summed E-state index contributed by atoms with van der Waals surface area (Å²) < 4.78 is 4.99. The van der Waals surface area contributed by atoms with E-state index in [9.17, 15) is 0 Å². The molecule has 0 amide bonds. The summed E-state index contributed by atoms with van der Waals surface area (Å²) in [6, 6.07) is 3.81. The summed E-state index contributed by atoms with van der Waals surface area (Å²) in [4.78, 5) is 4.01. The van der Waals surface area contributed by atoms with Crippen LogP contribution in [-0.4, -0.2) is 18.6 Å². The van der Waals surface area contributed by atoms with E-state index in [1.165, 1.54) is 0 Å². The first-order valence-corrected chi connectivity index (χ1v) is 4.23. The normalized spacial score (nSPS) is 10.6. The highest BCUT2D eigenvalue weighted by Gasteiger charge is 1.91. The molecular formula is C10H14N2O. The van der Waals surface area contributed by atoms with Crippen LogP contribution in [0.15, 0.2) is 24.4 Å². The number of pyridine rings is 1. The Labute approximate surface area is 78.2 Å². The van der Waals surface area contributed by atoms with Gasteiger partial charge in [0.05, 0.1) is 7.11 Å². The van der Waals surface area contributed by atoms with Crippen molar-refractivity contribution in [2.45, 2.75) is 6.42 Å². The lowest BCUT2D eigenvalue weighted by atomic mass is 10.2. The molecule has 13 heavy (non-hydrogen) atoms. The fourth-order valence-corrected chi connectivity index (χ4v) is 0.956. The Morgan fingerprint density at radius 3 is 3.15 bits per heavy atom. The highest BCUT2D eigenvalue weighted by molar-refractivity contribution is 5.49. The third-order valence-electron chi connectivity index (χ3n) is 1.61. The maximum absolute atomic E-state index is 5.36. The van der Waals surface area contributed by atoms with Gasteiger partial charge >= 0.3 is 0 Å². The predicted octanol–water partition coefficient (Wildman–Crippen LogP) is 1.45. The fourth-order valence-electron chi connectivity index (χ4n) is 0.956. The summed E-state index contributed by atoms with van der Waals surface area (Å²) in [6.07, 6.45) is 6.66. The van der Waals surface area contributed by atoms with Crippen LogP contribution in [0.4, 0.5) is 0 Å². The fraction of sp³-hybridized carbons (Fsp3) is 0.300. The number of methoxy groups -OCH3 is 1. The van der Waals surface area contributed by atoms with E-state index in [0.717, 1.165) is 12.0 Å². The summed E-state index contributed by atoms with van der Waals surface area (Å²) in [5, 5.41) is 0. The van der Waals surface area contributed by atoms with Crippen molar-refractivity contribution in [3.8, 4) is 5.88 Å². The lowest BCUT2D eigenvalue weighted by Gasteiger charge is -1.98. The predicted molar refractivity (Wildman–Crippen MR) is 53.5 cm³/mol. The average molecular weight is 178 g/mol. The smallest absolute Gasteiger partial charge is 0.213 e. The van der Waals surface area contributed by atoms with Crippen LogP contribution in [0.2, 0.25) is 0 Å². The van der Waals surface area contributed by atoms with E-state index in [4.69, 9.17) is 10.5 Å². The number of nitrogens with zero attached hydrogens (tertiary/aromatic N) is 1. The van der Waals surface area contributed by atoms with Crippen LogP contribution in [0.5, 0.6) is 5.88 Å². The van der Waals surface area contributed by atoms with Crippen LogP contribution in [0, 0.1) is 0 Å². The SMILES string of the molecule is COc1cc(C=CCCN)ccn1. The zero-order valence-corrected chi connectivity index (χ0v) is 7.73. The highest BCUT2D eigenvalue weighted by atomic mass is 16.5. The Kier molecular flexibility index (Phi) is 3.99. The lowest BCUT2D eigenvalue weighted by Crippen LogP contribution is -1.95. The molecule has 0 spiro atoms. The van der Waals surface area contributed by atoms with Gasteiger partial charge < -0.3 is 10.5 Å².